The number of carboxylic acid groups (broad SMARTS) is 1. The fraction of sp³-hybridized carbons (Fsp3) is 0.529. The molecule has 0 aliphatic carbocycles. The summed E-state index contributed by atoms with van der Waals surface area (Å²) in [5.74, 6) is -0.774. The Morgan fingerprint density at radius 3 is 2.52 bits per heavy atom. The van der Waals surface area contributed by atoms with Crippen LogP contribution in [0.2, 0.25) is 0 Å². The number of likely N-dealkylation sites (tertiary alicyclic amines) is 1. The molecule has 1 aliphatic heterocycles. The van der Waals surface area contributed by atoms with E-state index in [9.17, 15) is 9.59 Å². The standard InChI is InChI=1S/C17H23NO5/c1-12-3-4-14(17(20)21)11-18(12)16(19)13-5-7-15(8-6-13)23-10-9-22-2/h5-8,12,14H,3-4,9-11H2,1-2H3,(H,20,21). The molecule has 23 heavy (non-hydrogen) atoms. The molecule has 126 valence electrons. The van der Waals surface area contributed by atoms with Crippen LogP contribution in [0.15, 0.2) is 24.3 Å². The van der Waals surface area contributed by atoms with Crippen LogP contribution >= 0.6 is 0 Å². The van der Waals surface area contributed by atoms with Crippen LogP contribution in [0.5, 0.6) is 5.75 Å². The highest BCUT2D eigenvalue weighted by Crippen LogP contribution is 2.24. The summed E-state index contributed by atoms with van der Waals surface area (Å²) in [5, 5.41) is 9.17. The summed E-state index contributed by atoms with van der Waals surface area (Å²) in [4.78, 5) is 25.4. The second-order valence-corrected chi connectivity index (χ2v) is 5.78. The molecule has 2 unspecified atom stereocenters. The lowest BCUT2D eigenvalue weighted by Gasteiger charge is -2.36. The first kappa shape index (κ1) is 17.3. The summed E-state index contributed by atoms with van der Waals surface area (Å²) in [7, 11) is 1.61. The zero-order valence-electron chi connectivity index (χ0n) is 13.5. The summed E-state index contributed by atoms with van der Waals surface area (Å²) in [6.45, 7) is 3.18. The number of methoxy groups -OCH3 is 1. The predicted molar refractivity (Wildman–Crippen MR) is 84.7 cm³/mol. The molecule has 1 aliphatic rings. The van der Waals surface area contributed by atoms with E-state index < -0.39 is 11.9 Å². The molecule has 0 aromatic heterocycles. The lowest BCUT2D eigenvalue weighted by molar-refractivity contribution is -0.143. The maximum atomic E-state index is 12.6. The first-order chi connectivity index (χ1) is 11.0. The average Bonchev–Trinajstić information content (AvgIpc) is 2.55. The van der Waals surface area contributed by atoms with Gasteiger partial charge < -0.3 is 19.5 Å². The van der Waals surface area contributed by atoms with Crippen molar-refractivity contribution in [2.24, 2.45) is 5.92 Å². The van der Waals surface area contributed by atoms with Gasteiger partial charge in [-0.25, -0.2) is 0 Å². The van der Waals surface area contributed by atoms with Crippen molar-refractivity contribution in [2.75, 3.05) is 26.9 Å². The van der Waals surface area contributed by atoms with Gasteiger partial charge in [0.05, 0.1) is 12.5 Å². The van der Waals surface area contributed by atoms with E-state index in [4.69, 9.17) is 14.6 Å². The Bertz CT molecular complexity index is 542. The van der Waals surface area contributed by atoms with Crippen LogP contribution in [0, 0.1) is 5.92 Å². The van der Waals surface area contributed by atoms with Crippen molar-refractivity contribution in [3.8, 4) is 5.75 Å². The molecule has 0 radical (unpaired) electrons. The summed E-state index contributed by atoms with van der Waals surface area (Å²) in [6.07, 6.45) is 1.33. The van der Waals surface area contributed by atoms with Gasteiger partial charge in [0.25, 0.3) is 5.91 Å². The number of carbonyl (C=O) groups is 2. The third-order valence-corrected chi connectivity index (χ3v) is 4.15. The van der Waals surface area contributed by atoms with E-state index in [2.05, 4.69) is 0 Å². The largest absolute Gasteiger partial charge is 0.491 e. The summed E-state index contributed by atoms with van der Waals surface area (Å²) in [5.41, 5.74) is 0.544. The lowest BCUT2D eigenvalue weighted by Crippen LogP contribution is -2.47. The van der Waals surface area contributed by atoms with Crippen LogP contribution in [-0.4, -0.2) is 54.8 Å². The molecular weight excluding hydrogens is 298 g/mol. The molecule has 6 nitrogen and oxygen atoms in total. The molecule has 1 heterocycles. The number of carboxylic acids is 1. The van der Waals surface area contributed by atoms with Gasteiger partial charge in [-0.05, 0) is 44.0 Å². The predicted octanol–water partition coefficient (Wildman–Crippen LogP) is 2.04. The van der Waals surface area contributed by atoms with Gasteiger partial charge in [0, 0.05) is 25.3 Å². The van der Waals surface area contributed by atoms with Crippen LogP contribution in [0.4, 0.5) is 0 Å². The third kappa shape index (κ3) is 4.45. The number of ether oxygens (including phenoxy) is 2. The summed E-state index contributed by atoms with van der Waals surface area (Å²) < 4.78 is 10.4. The van der Waals surface area contributed by atoms with Crippen LogP contribution < -0.4 is 4.74 Å². The second kappa shape index (κ2) is 7.97. The molecule has 0 bridgehead atoms. The highest BCUT2D eigenvalue weighted by atomic mass is 16.5. The Morgan fingerprint density at radius 2 is 1.91 bits per heavy atom. The monoisotopic (exact) mass is 321 g/mol. The first-order valence-electron chi connectivity index (χ1n) is 7.78. The number of aliphatic carboxylic acids is 1. The number of piperidine rings is 1. The average molecular weight is 321 g/mol. The number of hydrogen-bond donors (Lipinski definition) is 1. The molecule has 6 heteroatoms. The molecule has 0 spiro atoms. The lowest BCUT2D eigenvalue weighted by atomic mass is 9.93. The van der Waals surface area contributed by atoms with Crippen LogP contribution in [-0.2, 0) is 9.53 Å². The van der Waals surface area contributed by atoms with Gasteiger partial charge in [-0.15, -0.1) is 0 Å². The van der Waals surface area contributed by atoms with E-state index in [0.717, 1.165) is 0 Å². The Hall–Kier alpha value is -2.08. The van der Waals surface area contributed by atoms with Gasteiger partial charge in [-0.2, -0.15) is 0 Å². The Labute approximate surface area is 136 Å². The highest BCUT2D eigenvalue weighted by molar-refractivity contribution is 5.95. The van der Waals surface area contributed by atoms with Gasteiger partial charge in [0.15, 0.2) is 0 Å². The van der Waals surface area contributed by atoms with Crippen molar-refractivity contribution in [1.82, 2.24) is 4.90 Å². The molecule has 1 N–H and O–H groups in total. The van der Waals surface area contributed by atoms with Crippen molar-refractivity contribution in [2.45, 2.75) is 25.8 Å². The minimum atomic E-state index is -0.836. The minimum absolute atomic E-state index is 0.0516. The van der Waals surface area contributed by atoms with Gasteiger partial charge in [0.1, 0.15) is 12.4 Å². The number of nitrogens with zero attached hydrogens (tertiary/aromatic N) is 1. The maximum Gasteiger partial charge on any atom is 0.308 e. The first-order valence-corrected chi connectivity index (χ1v) is 7.78. The molecule has 1 aromatic rings. The van der Waals surface area contributed by atoms with E-state index in [0.29, 0.717) is 37.4 Å². The van der Waals surface area contributed by atoms with Gasteiger partial charge >= 0.3 is 5.97 Å². The maximum absolute atomic E-state index is 12.6. The third-order valence-electron chi connectivity index (χ3n) is 4.15. The summed E-state index contributed by atoms with van der Waals surface area (Å²) >= 11 is 0. The van der Waals surface area contributed by atoms with Crippen LogP contribution in [0.25, 0.3) is 0 Å². The smallest absolute Gasteiger partial charge is 0.308 e. The van der Waals surface area contributed by atoms with E-state index in [1.807, 2.05) is 6.92 Å². The highest BCUT2D eigenvalue weighted by Gasteiger charge is 2.32. The molecule has 2 atom stereocenters. The number of benzene rings is 1. The molecule has 1 saturated heterocycles. The van der Waals surface area contributed by atoms with Crippen molar-refractivity contribution < 1.29 is 24.2 Å². The second-order valence-electron chi connectivity index (χ2n) is 5.78. The molecule has 1 fully saturated rings. The van der Waals surface area contributed by atoms with Gasteiger partial charge in [0.2, 0.25) is 0 Å². The molecule has 0 saturated carbocycles. The summed E-state index contributed by atoms with van der Waals surface area (Å²) in [6, 6.07) is 6.96. The van der Waals surface area contributed by atoms with E-state index >= 15 is 0 Å². The van der Waals surface area contributed by atoms with Crippen molar-refractivity contribution in [3.63, 3.8) is 0 Å². The number of rotatable bonds is 6. The van der Waals surface area contributed by atoms with E-state index in [1.165, 1.54) is 0 Å². The van der Waals surface area contributed by atoms with Crippen molar-refractivity contribution in [1.29, 1.82) is 0 Å². The number of hydrogen-bond acceptors (Lipinski definition) is 4. The SMILES string of the molecule is COCCOc1ccc(C(=O)N2CC(C(=O)O)CCC2C)cc1. The van der Waals surface area contributed by atoms with Gasteiger partial charge in [-0.3, -0.25) is 9.59 Å². The van der Waals surface area contributed by atoms with Crippen LogP contribution in [0.1, 0.15) is 30.1 Å². The van der Waals surface area contributed by atoms with E-state index in [-0.39, 0.29) is 18.5 Å². The zero-order valence-corrected chi connectivity index (χ0v) is 13.5. The molecule has 2 rings (SSSR count). The molecular formula is C17H23NO5. The zero-order chi connectivity index (χ0) is 16.8. The Morgan fingerprint density at radius 1 is 1.22 bits per heavy atom. The fourth-order valence-electron chi connectivity index (χ4n) is 2.69. The Kier molecular flexibility index (Phi) is 5.98. The van der Waals surface area contributed by atoms with Gasteiger partial charge in [-0.1, -0.05) is 0 Å². The van der Waals surface area contributed by atoms with Crippen molar-refractivity contribution >= 4 is 11.9 Å². The molecule has 1 amide bonds. The minimum Gasteiger partial charge on any atom is -0.491 e. The van der Waals surface area contributed by atoms with Crippen molar-refractivity contribution in [3.05, 3.63) is 29.8 Å². The van der Waals surface area contributed by atoms with E-state index in [1.54, 1.807) is 36.3 Å². The quantitative estimate of drug-likeness (QED) is 0.811. The van der Waals surface area contributed by atoms with Crippen LogP contribution in [0.3, 0.4) is 0 Å². The Balaban J connectivity index is 2.02. The normalized spacial score (nSPS) is 21.0. The number of carbonyl (C=O) groups excluding carboxylic acids is 1. The topological polar surface area (TPSA) is 76.1 Å². The number of amides is 1. The fourth-order valence-corrected chi connectivity index (χ4v) is 2.69. The molecule has 1 aromatic carbocycles.